The van der Waals surface area contributed by atoms with Crippen LogP contribution in [0.4, 0.5) is 5.69 Å². The van der Waals surface area contributed by atoms with Crippen molar-refractivity contribution in [3.63, 3.8) is 0 Å². The first-order chi connectivity index (χ1) is 9.08. The summed E-state index contributed by atoms with van der Waals surface area (Å²) in [7, 11) is 1.46. The van der Waals surface area contributed by atoms with E-state index >= 15 is 0 Å². The van der Waals surface area contributed by atoms with Crippen LogP contribution in [-0.2, 0) is 11.2 Å². The van der Waals surface area contributed by atoms with E-state index in [1.54, 1.807) is 6.07 Å². The number of nitriles is 1. The summed E-state index contributed by atoms with van der Waals surface area (Å²) in [5.74, 6) is 0.427. The van der Waals surface area contributed by atoms with Gasteiger partial charge in [-0.2, -0.15) is 5.26 Å². The van der Waals surface area contributed by atoms with E-state index in [2.05, 4.69) is 6.07 Å². The lowest BCUT2D eigenvalue weighted by atomic mass is 9.82. The summed E-state index contributed by atoms with van der Waals surface area (Å²) in [5.41, 5.74) is 0.111. The van der Waals surface area contributed by atoms with Crippen molar-refractivity contribution < 1.29 is 14.4 Å². The van der Waals surface area contributed by atoms with E-state index in [1.165, 1.54) is 19.2 Å². The maximum absolute atomic E-state index is 10.9. The Hall–Kier alpha value is -2.13. The molecule has 0 spiro atoms. The Bertz CT molecular complexity index is 530. The van der Waals surface area contributed by atoms with Gasteiger partial charge in [-0.05, 0) is 24.5 Å². The molecule has 100 valence electrons. The van der Waals surface area contributed by atoms with Crippen molar-refractivity contribution in [2.45, 2.75) is 12.8 Å². The molecule has 0 bridgehead atoms. The molecule has 6 heteroatoms. The highest BCUT2D eigenvalue weighted by atomic mass is 16.6. The zero-order chi connectivity index (χ0) is 13.9. The molecule has 0 aromatic heterocycles. The number of hydrogen-bond acceptors (Lipinski definition) is 5. The fourth-order valence-electron chi connectivity index (χ4n) is 2.23. The van der Waals surface area contributed by atoms with Crippen LogP contribution in [0, 0.1) is 26.9 Å². The lowest BCUT2D eigenvalue weighted by molar-refractivity contribution is -0.385. The summed E-state index contributed by atoms with van der Waals surface area (Å²) >= 11 is 0. The van der Waals surface area contributed by atoms with Crippen molar-refractivity contribution in [1.82, 2.24) is 0 Å². The summed E-state index contributed by atoms with van der Waals surface area (Å²) in [5, 5.41) is 20.2. The number of rotatable bonds is 4. The van der Waals surface area contributed by atoms with Gasteiger partial charge in [0, 0.05) is 12.7 Å². The molecule has 1 aromatic carbocycles. The maximum atomic E-state index is 10.9. The topological polar surface area (TPSA) is 85.4 Å². The van der Waals surface area contributed by atoms with Crippen LogP contribution in [-0.4, -0.2) is 25.2 Å². The van der Waals surface area contributed by atoms with Gasteiger partial charge < -0.3 is 9.47 Å². The van der Waals surface area contributed by atoms with E-state index in [1.807, 2.05) is 0 Å². The van der Waals surface area contributed by atoms with Gasteiger partial charge in [-0.1, -0.05) is 0 Å². The van der Waals surface area contributed by atoms with Crippen molar-refractivity contribution in [2.24, 2.45) is 5.41 Å². The van der Waals surface area contributed by atoms with Crippen LogP contribution in [0.1, 0.15) is 12.0 Å². The average molecular weight is 262 g/mol. The SMILES string of the molecule is COc1cc(CC2(C#N)CCOC2)cc([N+](=O)[O-])c1. The highest BCUT2D eigenvalue weighted by Crippen LogP contribution is 2.34. The van der Waals surface area contributed by atoms with Gasteiger partial charge in [0.05, 0.1) is 36.2 Å². The Morgan fingerprint density at radius 3 is 2.89 bits per heavy atom. The van der Waals surface area contributed by atoms with Crippen LogP contribution in [0.25, 0.3) is 0 Å². The molecule has 0 N–H and O–H groups in total. The fourth-order valence-corrected chi connectivity index (χ4v) is 2.23. The van der Waals surface area contributed by atoms with Crippen LogP contribution < -0.4 is 4.74 Å². The van der Waals surface area contributed by atoms with Crippen LogP contribution >= 0.6 is 0 Å². The zero-order valence-corrected chi connectivity index (χ0v) is 10.6. The second-order valence-corrected chi connectivity index (χ2v) is 4.67. The van der Waals surface area contributed by atoms with Crippen LogP contribution in [0.3, 0.4) is 0 Å². The minimum absolute atomic E-state index is 0.0265. The molecule has 1 atom stereocenters. The molecular weight excluding hydrogens is 248 g/mol. The zero-order valence-electron chi connectivity index (χ0n) is 10.6. The second kappa shape index (κ2) is 5.24. The summed E-state index contributed by atoms with van der Waals surface area (Å²) in [6.07, 6.45) is 1.08. The smallest absolute Gasteiger partial charge is 0.273 e. The first-order valence-electron chi connectivity index (χ1n) is 5.90. The van der Waals surface area contributed by atoms with Gasteiger partial charge in [-0.15, -0.1) is 0 Å². The molecule has 0 saturated carbocycles. The number of hydrogen-bond donors (Lipinski definition) is 0. The van der Waals surface area contributed by atoms with Crippen LogP contribution in [0.2, 0.25) is 0 Å². The Morgan fingerprint density at radius 2 is 2.37 bits per heavy atom. The molecule has 19 heavy (non-hydrogen) atoms. The van der Waals surface area contributed by atoms with Gasteiger partial charge in [-0.3, -0.25) is 10.1 Å². The Balaban J connectivity index is 2.31. The monoisotopic (exact) mass is 262 g/mol. The number of ether oxygens (including phenoxy) is 2. The molecule has 0 amide bonds. The second-order valence-electron chi connectivity index (χ2n) is 4.67. The predicted molar refractivity (Wildman–Crippen MR) is 66.8 cm³/mol. The molecule has 6 nitrogen and oxygen atoms in total. The molecule has 1 aromatic rings. The largest absolute Gasteiger partial charge is 0.496 e. The van der Waals surface area contributed by atoms with E-state index < -0.39 is 10.3 Å². The van der Waals surface area contributed by atoms with Crippen molar-refractivity contribution in [3.05, 3.63) is 33.9 Å². The molecule has 1 unspecified atom stereocenters. The number of nitro groups is 1. The number of nitrogens with zero attached hydrogens (tertiary/aromatic N) is 2. The van der Waals surface area contributed by atoms with E-state index in [-0.39, 0.29) is 5.69 Å². The number of non-ortho nitro benzene ring substituents is 1. The van der Waals surface area contributed by atoms with Crippen molar-refractivity contribution >= 4 is 5.69 Å². The minimum Gasteiger partial charge on any atom is -0.496 e. The molecule has 2 rings (SSSR count). The third-order valence-electron chi connectivity index (χ3n) is 3.28. The summed E-state index contributed by atoms with van der Waals surface area (Å²) in [4.78, 5) is 10.4. The molecule has 1 heterocycles. The first-order valence-corrected chi connectivity index (χ1v) is 5.90. The highest BCUT2D eigenvalue weighted by molar-refractivity contribution is 5.43. The normalized spacial score (nSPS) is 21.9. The van der Waals surface area contributed by atoms with Gasteiger partial charge in [-0.25, -0.2) is 0 Å². The van der Waals surface area contributed by atoms with Crippen LogP contribution in [0.5, 0.6) is 5.75 Å². The Kier molecular flexibility index (Phi) is 3.67. The minimum atomic E-state index is -0.583. The molecule has 1 aliphatic rings. The molecular formula is C13H14N2O4. The van der Waals surface area contributed by atoms with E-state index in [0.29, 0.717) is 31.8 Å². The van der Waals surface area contributed by atoms with E-state index in [4.69, 9.17) is 9.47 Å². The predicted octanol–water partition coefficient (Wildman–Crippen LogP) is 2.08. The van der Waals surface area contributed by atoms with E-state index in [0.717, 1.165) is 5.56 Å². The first kappa shape index (κ1) is 13.3. The fraction of sp³-hybridized carbons (Fsp3) is 0.462. The molecule has 1 aliphatic heterocycles. The maximum Gasteiger partial charge on any atom is 0.273 e. The third kappa shape index (κ3) is 2.83. The highest BCUT2D eigenvalue weighted by Gasteiger charge is 2.35. The van der Waals surface area contributed by atoms with Gasteiger partial charge in [0.1, 0.15) is 5.75 Å². The standard InChI is InChI=1S/C13H14N2O4/c1-18-12-5-10(4-11(6-12)15(16)17)7-13(8-14)2-3-19-9-13/h4-6H,2-3,7,9H2,1H3. The molecule has 0 aliphatic carbocycles. The van der Waals surface area contributed by atoms with E-state index in [9.17, 15) is 15.4 Å². The number of methoxy groups -OCH3 is 1. The van der Waals surface area contributed by atoms with Gasteiger partial charge >= 0.3 is 0 Å². The summed E-state index contributed by atoms with van der Waals surface area (Å²) in [6.45, 7) is 0.925. The van der Waals surface area contributed by atoms with Gasteiger partial charge in [0.15, 0.2) is 0 Å². The summed E-state index contributed by atoms with van der Waals surface area (Å²) < 4.78 is 10.3. The van der Waals surface area contributed by atoms with Crippen molar-refractivity contribution in [1.29, 1.82) is 5.26 Å². The summed E-state index contributed by atoms with van der Waals surface area (Å²) in [6, 6.07) is 6.86. The number of benzene rings is 1. The quantitative estimate of drug-likeness (QED) is 0.612. The lowest BCUT2D eigenvalue weighted by Crippen LogP contribution is -2.21. The molecule has 1 saturated heterocycles. The Morgan fingerprint density at radius 1 is 1.58 bits per heavy atom. The molecule has 1 fully saturated rings. The van der Waals surface area contributed by atoms with Gasteiger partial charge in [0.2, 0.25) is 0 Å². The Labute approximate surface area is 110 Å². The van der Waals surface area contributed by atoms with Crippen molar-refractivity contribution in [3.8, 4) is 11.8 Å². The van der Waals surface area contributed by atoms with Crippen LogP contribution in [0.15, 0.2) is 18.2 Å². The third-order valence-corrected chi connectivity index (χ3v) is 3.28. The molecule has 0 radical (unpaired) electrons. The van der Waals surface area contributed by atoms with Crippen molar-refractivity contribution in [2.75, 3.05) is 20.3 Å². The van der Waals surface area contributed by atoms with Gasteiger partial charge in [0.25, 0.3) is 5.69 Å². The number of nitro benzene ring substituents is 1. The average Bonchev–Trinajstić information content (AvgIpc) is 2.87. The lowest BCUT2D eigenvalue weighted by Gasteiger charge is -2.18.